The fourth-order valence-corrected chi connectivity index (χ4v) is 5.96. The van der Waals surface area contributed by atoms with E-state index in [-0.39, 0.29) is 17.4 Å². The van der Waals surface area contributed by atoms with Crippen LogP contribution >= 0.6 is 22.7 Å². The summed E-state index contributed by atoms with van der Waals surface area (Å²) in [4.78, 5) is 28.9. The van der Waals surface area contributed by atoms with Crippen molar-refractivity contribution in [1.29, 1.82) is 0 Å². The molecule has 1 aliphatic heterocycles. The number of sulfone groups is 1. The van der Waals surface area contributed by atoms with Gasteiger partial charge in [-0.05, 0) is 13.0 Å². The molecule has 9 nitrogen and oxygen atoms in total. The van der Waals surface area contributed by atoms with Crippen molar-refractivity contribution >= 4 is 54.5 Å². The molecular weight excluding hydrogens is 432 g/mol. The van der Waals surface area contributed by atoms with Gasteiger partial charge in [-0.15, -0.1) is 22.7 Å². The fraction of sp³-hybridized carbons (Fsp3) is 0.412. The van der Waals surface area contributed by atoms with E-state index >= 15 is 0 Å². The number of nitrogens with two attached hydrogens (primary N) is 1. The molecule has 4 rings (SSSR count). The van der Waals surface area contributed by atoms with Gasteiger partial charge in [0.15, 0.2) is 20.7 Å². The number of aromatic nitrogens is 3. The number of fused-ring (bicyclic) bond motifs is 1. The van der Waals surface area contributed by atoms with Gasteiger partial charge in [0.05, 0.1) is 21.8 Å². The van der Waals surface area contributed by atoms with Crippen molar-refractivity contribution in [3.63, 3.8) is 0 Å². The molecular formula is C17H20N6O3S3. The molecule has 3 N–H and O–H groups in total. The molecule has 1 fully saturated rings. The van der Waals surface area contributed by atoms with Crippen LogP contribution in [0.5, 0.6) is 0 Å². The van der Waals surface area contributed by atoms with Crippen LogP contribution in [0.1, 0.15) is 15.4 Å². The molecule has 0 aliphatic carbocycles. The molecule has 1 aliphatic rings. The summed E-state index contributed by atoms with van der Waals surface area (Å²) < 4.78 is 22.9. The van der Waals surface area contributed by atoms with E-state index in [9.17, 15) is 13.2 Å². The van der Waals surface area contributed by atoms with Crippen molar-refractivity contribution in [1.82, 2.24) is 25.2 Å². The number of aryl methyl sites for hydroxylation is 1. The highest BCUT2D eigenvalue weighted by Gasteiger charge is 2.21. The Morgan fingerprint density at radius 2 is 2.03 bits per heavy atom. The van der Waals surface area contributed by atoms with Gasteiger partial charge in [0.25, 0.3) is 5.91 Å². The molecule has 0 unspecified atom stereocenters. The standard InChI is InChI=1S/C17H20N6O3S3/c1-10-9-27-17(20-10)14-21-13(18)11-8-12(28-16(11)22-14)15(24)19-2-3-23-4-6-29(25,26)7-5-23/h8-9H,2-7H2,1H3,(H,19,24)(H2,18,21,22). The van der Waals surface area contributed by atoms with Crippen LogP contribution < -0.4 is 11.1 Å². The van der Waals surface area contributed by atoms with Gasteiger partial charge in [-0.3, -0.25) is 9.69 Å². The van der Waals surface area contributed by atoms with Crippen LogP contribution in [-0.4, -0.2) is 71.9 Å². The summed E-state index contributed by atoms with van der Waals surface area (Å²) >= 11 is 2.71. The molecule has 29 heavy (non-hydrogen) atoms. The molecule has 0 spiro atoms. The minimum Gasteiger partial charge on any atom is -0.383 e. The Morgan fingerprint density at radius 1 is 1.28 bits per heavy atom. The molecule has 4 heterocycles. The van der Waals surface area contributed by atoms with E-state index in [1.165, 1.54) is 22.7 Å². The Balaban J connectivity index is 1.42. The van der Waals surface area contributed by atoms with Crippen LogP contribution in [0.25, 0.3) is 21.0 Å². The molecule has 3 aromatic rings. The average Bonchev–Trinajstić information content (AvgIpc) is 3.29. The second-order valence-electron chi connectivity index (χ2n) is 6.81. The number of carbonyl (C=O) groups excluding carboxylic acids is 1. The lowest BCUT2D eigenvalue weighted by molar-refractivity contribution is 0.0953. The Morgan fingerprint density at radius 3 is 2.72 bits per heavy atom. The molecule has 1 saturated heterocycles. The second-order valence-corrected chi connectivity index (χ2v) is 11.0. The fourth-order valence-electron chi connectivity index (χ4n) is 3.00. The molecule has 0 bridgehead atoms. The number of nitrogens with zero attached hydrogens (tertiary/aromatic N) is 4. The number of amides is 1. The Hall–Kier alpha value is -2.15. The third-order valence-corrected chi connectivity index (χ3v) is 8.20. The maximum Gasteiger partial charge on any atom is 0.261 e. The van der Waals surface area contributed by atoms with E-state index in [1.54, 1.807) is 6.07 Å². The smallest absolute Gasteiger partial charge is 0.261 e. The number of hydrogen-bond acceptors (Lipinski definition) is 10. The van der Waals surface area contributed by atoms with E-state index in [0.717, 1.165) is 5.69 Å². The lowest BCUT2D eigenvalue weighted by atomic mass is 10.3. The first-order chi connectivity index (χ1) is 13.8. The maximum atomic E-state index is 12.5. The normalized spacial score (nSPS) is 16.9. The predicted octanol–water partition coefficient (Wildman–Crippen LogP) is 1.17. The van der Waals surface area contributed by atoms with Crippen LogP contribution in [0.15, 0.2) is 11.4 Å². The van der Waals surface area contributed by atoms with Crippen molar-refractivity contribution in [3.05, 3.63) is 22.0 Å². The Bertz CT molecular complexity index is 1160. The molecule has 0 saturated carbocycles. The first-order valence-corrected chi connectivity index (χ1v) is 12.5. The van der Waals surface area contributed by atoms with Gasteiger partial charge < -0.3 is 11.1 Å². The topological polar surface area (TPSA) is 131 Å². The van der Waals surface area contributed by atoms with Crippen LogP contribution in [-0.2, 0) is 9.84 Å². The first-order valence-electron chi connectivity index (χ1n) is 9.01. The summed E-state index contributed by atoms with van der Waals surface area (Å²) in [5.41, 5.74) is 6.97. The van der Waals surface area contributed by atoms with Gasteiger partial charge in [-0.2, -0.15) is 0 Å². The molecule has 154 valence electrons. The van der Waals surface area contributed by atoms with Gasteiger partial charge in [-0.1, -0.05) is 0 Å². The number of carbonyl (C=O) groups is 1. The molecule has 0 radical (unpaired) electrons. The SMILES string of the molecule is Cc1csc(-c2nc(N)c3cc(C(=O)NCCN4CCS(=O)(=O)CC4)sc3n2)n1. The third-order valence-electron chi connectivity index (χ3n) is 4.61. The summed E-state index contributed by atoms with van der Waals surface area (Å²) in [5.74, 6) is 0.931. The van der Waals surface area contributed by atoms with Gasteiger partial charge >= 0.3 is 0 Å². The number of thiazole rings is 1. The van der Waals surface area contributed by atoms with Gasteiger partial charge in [0.1, 0.15) is 10.6 Å². The van der Waals surface area contributed by atoms with Crippen LogP contribution in [0, 0.1) is 6.92 Å². The van der Waals surface area contributed by atoms with Crippen molar-refractivity contribution in [3.8, 4) is 10.8 Å². The van der Waals surface area contributed by atoms with Crippen molar-refractivity contribution in [2.75, 3.05) is 43.4 Å². The number of hydrogen-bond donors (Lipinski definition) is 2. The van der Waals surface area contributed by atoms with Crippen molar-refractivity contribution in [2.24, 2.45) is 0 Å². The van der Waals surface area contributed by atoms with Crippen LogP contribution in [0.4, 0.5) is 5.82 Å². The summed E-state index contributed by atoms with van der Waals surface area (Å²) in [5, 5.41) is 6.14. The van der Waals surface area contributed by atoms with Crippen molar-refractivity contribution in [2.45, 2.75) is 6.92 Å². The van der Waals surface area contributed by atoms with E-state index in [2.05, 4.69) is 20.3 Å². The average molecular weight is 453 g/mol. The summed E-state index contributed by atoms with van der Waals surface area (Å²) in [6.07, 6.45) is 0. The third kappa shape index (κ3) is 4.55. The zero-order valence-corrected chi connectivity index (χ0v) is 18.2. The van der Waals surface area contributed by atoms with Crippen molar-refractivity contribution < 1.29 is 13.2 Å². The minimum atomic E-state index is -2.90. The van der Waals surface area contributed by atoms with Gasteiger partial charge in [0.2, 0.25) is 0 Å². The number of nitrogens with one attached hydrogen (secondary N) is 1. The Labute approximate surface area is 175 Å². The highest BCUT2D eigenvalue weighted by molar-refractivity contribution is 7.91. The summed E-state index contributed by atoms with van der Waals surface area (Å²) in [7, 11) is -2.90. The lowest BCUT2D eigenvalue weighted by Crippen LogP contribution is -2.43. The molecule has 12 heteroatoms. The highest BCUT2D eigenvalue weighted by atomic mass is 32.2. The molecule has 0 atom stereocenters. The van der Waals surface area contributed by atoms with Crippen LogP contribution in [0.3, 0.4) is 0 Å². The molecule has 1 amide bonds. The summed E-state index contributed by atoms with van der Waals surface area (Å²) in [6.45, 7) is 3.97. The second kappa shape index (κ2) is 7.94. The quantitative estimate of drug-likeness (QED) is 0.590. The number of anilines is 1. The number of thiophene rings is 1. The zero-order valence-electron chi connectivity index (χ0n) is 15.7. The highest BCUT2D eigenvalue weighted by Crippen LogP contribution is 2.30. The monoisotopic (exact) mass is 452 g/mol. The van der Waals surface area contributed by atoms with E-state index in [0.29, 0.717) is 57.9 Å². The minimum absolute atomic E-state index is 0.177. The van der Waals surface area contributed by atoms with Gasteiger partial charge in [-0.25, -0.2) is 23.4 Å². The molecule has 0 aromatic carbocycles. The summed E-state index contributed by atoms with van der Waals surface area (Å²) in [6, 6.07) is 1.70. The largest absolute Gasteiger partial charge is 0.383 e. The van der Waals surface area contributed by atoms with E-state index < -0.39 is 9.84 Å². The van der Waals surface area contributed by atoms with E-state index in [1.807, 2.05) is 17.2 Å². The lowest BCUT2D eigenvalue weighted by Gasteiger charge is -2.26. The van der Waals surface area contributed by atoms with E-state index in [4.69, 9.17) is 5.73 Å². The zero-order chi connectivity index (χ0) is 20.6. The predicted molar refractivity (Wildman–Crippen MR) is 115 cm³/mol. The Kier molecular flexibility index (Phi) is 5.51. The maximum absolute atomic E-state index is 12.5. The number of rotatable bonds is 5. The van der Waals surface area contributed by atoms with Crippen LogP contribution in [0.2, 0.25) is 0 Å². The number of nitrogen functional groups attached to an aromatic ring is 1. The molecule has 3 aromatic heterocycles. The first kappa shape index (κ1) is 20.1. The van der Waals surface area contributed by atoms with Gasteiger partial charge in [0, 0.05) is 37.3 Å².